The molecule has 0 amide bonds. The number of aromatic nitrogens is 1. The van der Waals surface area contributed by atoms with E-state index in [0.29, 0.717) is 0 Å². The molecule has 82 valence electrons. The molecule has 0 aliphatic carbocycles. The quantitative estimate of drug-likeness (QED) is 0.762. The predicted octanol–water partition coefficient (Wildman–Crippen LogP) is 0.541. The van der Waals surface area contributed by atoms with Crippen LogP contribution in [0.15, 0.2) is 23.3 Å². The molecule has 0 spiro atoms. The van der Waals surface area contributed by atoms with Gasteiger partial charge in [-0.3, -0.25) is 9.59 Å². The summed E-state index contributed by atoms with van der Waals surface area (Å²) in [5.41, 5.74) is 4.42. The number of carbonyl (C=O) groups is 1. The van der Waals surface area contributed by atoms with Crippen molar-refractivity contribution in [1.82, 2.24) is 4.57 Å². The second-order valence-electron chi connectivity index (χ2n) is 4.13. The first-order valence-electron chi connectivity index (χ1n) is 4.52. The molecular formula is C10H14N2O3. The Morgan fingerprint density at radius 3 is 2.67 bits per heavy atom. The van der Waals surface area contributed by atoms with E-state index in [9.17, 15) is 9.59 Å². The van der Waals surface area contributed by atoms with E-state index in [1.807, 2.05) is 0 Å². The van der Waals surface area contributed by atoms with Crippen LogP contribution in [0.5, 0.6) is 0 Å². The zero-order valence-corrected chi connectivity index (χ0v) is 8.73. The first kappa shape index (κ1) is 11.3. The summed E-state index contributed by atoms with van der Waals surface area (Å²) in [6, 6.07) is 1.33. The lowest BCUT2D eigenvalue weighted by Gasteiger charge is -2.20. The molecule has 5 nitrogen and oxygen atoms in total. The molecule has 0 radical (unpaired) electrons. The summed E-state index contributed by atoms with van der Waals surface area (Å²) in [7, 11) is 0. The van der Waals surface area contributed by atoms with Crippen molar-refractivity contribution in [2.24, 2.45) is 5.41 Å². The average molecular weight is 210 g/mol. The van der Waals surface area contributed by atoms with E-state index < -0.39 is 11.4 Å². The number of pyridine rings is 1. The molecule has 1 aromatic rings. The maximum absolute atomic E-state index is 11.0. The van der Waals surface area contributed by atoms with Gasteiger partial charge in [-0.15, -0.1) is 0 Å². The maximum atomic E-state index is 11.0. The van der Waals surface area contributed by atoms with Crippen LogP contribution in [0.4, 0.5) is 5.69 Å². The molecule has 0 unspecified atom stereocenters. The summed E-state index contributed by atoms with van der Waals surface area (Å²) < 4.78 is 1.60. The molecule has 1 aromatic heterocycles. The van der Waals surface area contributed by atoms with Crippen molar-refractivity contribution in [2.45, 2.75) is 20.4 Å². The fraction of sp³-hybridized carbons (Fsp3) is 0.400. The summed E-state index contributed by atoms with van der Waals surface area (Å²) in [5.74, 6) is -0.889. The summed E-state index contributed by atoms with van der Waals surface area (Å²) in [5, 5.41) is 8.92. The Kier molecular flexibility index (Phi) is 2.83. The SMILES string of the molecule is CC(C)(Cn1ccc(=O)c(N)c1)C(=O)O. The van der Waals surface area contributed by atoms with Crippen LogP contribution in [0.3, 0.4) is 0 Å². The van der Waals surface area contributed by atoms with Crippen molar-refractivity contribution < 1.29 is 9.90 Å². The average Bonchev–Trinajstić information content (AvgIpc) is 2.10. The smallest absolute Gasteiger partial charge is 0.310 e. The largest absolute Gasteiger partial charge is 0.481 e. The molecule has 0 bridgehead atoms. The zero-order chi connectivity index (χ0) is 11.6. The van der Waals surface area contributed by atoms with Gasteiger partial charge in [-0.1, -0.05) is 0 Å². The molecule has 5 heteroatoms. The molecule has 0 saturated heterocycles. The van der Waals surface area contributed by atoms with Crippen LogP contribution < -0.4 is 11.2 Å². The molecule has 15 heavy (non-hydrogen) atoms. The van der Waals surface area contributed by atoms with Gasteiger partial charge in [-0.2, -0.15) is 0 Å². The fourth-order valence-corrected chi connectivity index (χ4v) is 1.17. The van der Waals surface area contributed by atoms with Crippen molar-refractivity contribution in [3.05, 3.63) is 28.7 Å². The third kappa shape index (κ3) is 2.59. The maximum Gasteiger partial charge on any atom is 0.310 e. The number of anilines is 1. The highest BCUT2D eigenvalue weighted by atomic mass is 16.4. The van der Waals surface area contributed by atoms with Gasteiger partial charge in [-0.05, 0) is 13.8 Å². The van der Waals surface area contributed by atoms with E-state index in [2.05, 4.69) is 0 Å². The van der Waals surface area contributed by atoms with Crippen LogP contribution in [-0.4, -0.2) is 15.6 Å². The second kappa shape index (κ2) is 3.76. The number of hydrogen-bond donors (Lipinski definition) is 2. The number of rotatable bonds is 3. The minimum atomic E-state index is -0.889. The molecule has 1 rings (SSSR count). The number of carboxylic acid groups (broad SMARTS) is 1. The number of aliphatic carboxylic acids is 1. The molecule has 0 fully saturated rings. The topological polar surface area (TPSA) is 85.3 Å². The molecule has 0 aliphatic rings. The van der Waals surface area contributed by atoms with Crippen LogP contribution >= 0.6 is 0 Å². The standard InChI is InChI=1S/C10H14N2O3/c1-10(2,9(14)15)6-12-4-3-8(13)7(11)5-12/h3-5H,6,11H2,1-2H3,(H,14,15). The highest BCUT2D eigenvalue weighted by molar-refractivity contribution is 5.73. The zero-order valence-electron chi connectivity index (χ0n) is 8.73. The molecular weight excluding hydrogens is 196 g/mol. The van der Waals surface area contributed by atoms with E-state index in [0.717, 1.165) is 0 Å². The number of nitrogen functional groups attached to an aromatic ring is 1. The third-order valence-electron chi connectivity index (χ3n) is 2.16. The molecule has 3 N–H and O–H groups in total. The highest BCUT2D eigenvalue weighted by Gasteiger charge is 2.27. The molecule has 0 atom stereocenters. The van der Waals surface area contributed by atoms with E-state index in [-0.39, 0.29) is 17.7 Å². The Bertz CT molecular complexity index is 435. The number of hydrogen-bond acceptors (Lipinski definition) is 3. The Morgan fingerprint density at radius 2 is 2.20 bits per heavy atom. The van der Waals surface area contributed by atoms with Crippen molar-refractivity contribution in [2.75, 3.05) is 5.73 Å². The summed E-state index contributed by atoms with van der Waals surface area (Å²) in [6.07, 6.45) is 2.98. The van der Waals surface area contributed by atoms with Crippen molar-refractivity contribution >= 4 is 11.7 Å². The van der Waals surface area contributed by atoms with Crippen LogP contribution in [0, 0.1) is 5.41 Å². The van der Waals surface area contributed by atoms with E-state index >= 15 is 0 Å². The van der Waals surface area contributed by atoms with Gasteiger partial charge in [0.05, 0.1) is 11.1 Å². The fourth-order valence-electron chi connectivity index (χ4n) is 1.17. The van der Waals surface area contributed by atoms with Gasteiger partial charge in [0.15, 0.2) is 0 Å². The first-order valence-corrected chi connectivity index (χ1v) is 4.52. The molecule has 1 heterocycles. The van der Waals surface area contributed by atoms with Gasteiger partial charge in [0.2, 0.25) is 5.43 Å². The van der Waals surface area contributed by atoms with Crippen molar-refractivity contribution in [1.29, 1.82) is 0 Å². The number of carboxylic acids is 1. The van der Waals surface area contributed by atoms with Crippen molar-refractivity contribution in [3.63, 3.8) is 0 Å². The monoisotopic (exact) mass is 210 g/mol. The van der Waals surface area contributed by atoms with E-state index in [1.165, 1.54) is 18.5 Å². The van der Waals surface area contributed by atoms with Crippen LogP contribution in [0.2, 0.25) is 0 Å². The van der Waals surface area contributed by atoms with Gasteiger partial charge >= 0.3 is 5.97 Å². The predicted molar refractivity (Wildman–Crippen MR) is 56.5 cm³/mol. The van der Waals surface area contributed by atoms with Gasteiger partial charge in [0.1, 0.15) is 0 Å². The first-order chi connectivity index (χ1) is 6.83. The van der Waals surface area contributed by atoms with Gasteiger partial charge in [0, 0.05) is 25.0 Å². The molecule has 0 aliphatic heterocycles. The highest BCUT2D eigenvalue weighted by Crippen LogP contribution is 2.18. The van der Waals surface area contributed by atoms with Gasteiger partial charge < -0.3 is 15.4 Å². The lowest BCUT2D eigenvalue weighted by molar-refractivity contribution is -0.147. The van der Waals surface area contributed by atoms with E-state index in [1.54, 1.807) is 18.4 Å². The minimum absolute atomic E-state index is 0.124. The Balaban J connectivity index is 2.95. The Labute approximate surface area is 87.1 Å². The summed E-state index contributed by atoms with van der Waals surface area (Å²) in [4.78, 5) is 21.9. The molecule has 0 saturated carbocycles. The Morgan fingerprint density at radius 1 is 1.60 bits per heavy atom. The van der Waals surface area contributed by atoms with Crippen LogP contribution in [0.25, 0.3) is 0 Å². The van der Waals surface area contributed by atoms with Crippen LogP contribution in [-0.2, 0) is 11.3 Å². The number of nitrogens with two attached hydrogens (primary N) is 1. The Hall–Kier alpha value is -1.78. The number of nitrogens with zero attached hydrogens (tertiary/aromatic N) is 1. The van der Waals surface area contributed by atoms with Crippen LogP contribution in [0.1, 0.15) is 13.8 Å². The lowest BCUT2D eigenvalue weighted by atomic mass is 9.94. The van der Waals surface area contributed by atoms with Gasteiger partial charge in [-0.25, -0.2) is 0 Å². The molecule has 0 aromatic carbocycles. The summed E-state index contributed by atoms with van der Waals surface area (Å²) in [6.45, 7) is 3.50. The van der Waals surface area contributed by atoms with Gasteiger partial charge in [0.25, 0.3) is 0 Å². The normalized spacial score (nSPS) is 11.3. The third-order valence-corrected chi connectivity index (χ3v) is 2.16. The van der Waals surface area contributed by atoms with E-state index in [4.69, 9.17) is 10.8 Å². The second-order valence-corrected chi connectivity index (χ2v) is 4.13. The lowest BCUT2D eigenvalue weighted by Crippen LogP contribution is -2.29. The minimum Gasteiger partial charge on any atom is -0.481 e. The van der Waals surface area contributed by atoms with Crippen molar-refractivity contribution in [3.8, 4) is 0 Å². The summed E-state index contributed by atoms with van der Waals surface area (Å²) >= 11 is 0.